The third kappa shape index (κ3) is 3.90. The van der Waals surface area contributed by atoms with E-state index >= 15 is 0 Å². The van der Waals surface area contributed by atoms with Crippen molar-refractivity contribution in [3.63, 3.8) is 0 Å². The van der Waals surface area contributed by atoms with Crippen molar-refractivity contribution in [1.29, 1.82) is 0 Å². The van der Waals surface area contributed by atoms with Gasteiger partial charge in [0, 0.05) is 25.9 Å². The van der Waals surface area contributed by atoms with Crippen LogP contribution in [0.5, 0.6) is 0 Å². The molecule has 4 nitrogen and oxygen atoms in total. The van der Waals surface area contributed by atoms with E-state index in [4.69, 9.17) is 0 Å². The maximum atomic E-state index is 11.7. The van der Waals surface area contributed by atoms with Gasteiger partial charge in [0.25, 0.3) is 0 Å². The first kappa shape index (κ1) is 16.0. The van der Waals surface area contributed by atoms with Crippen LogP contribution in [0.15, 0.2) is 78.7 Å². The maximum absolute atomic E-state index is 11.7. The van der Waals surface area contributed by atoms with Gasteiger partial charge in [0.1, 0.15) is 11.9 Å². The zero-order valence-corrected chi connectivity index (χ0v) is 13.7. The average Bonchev–Trinajstić information content (AvgIpc) is 2.87. The molecule has 0 aliphatic heterocycles. The van der Waals surface area contributed by atoms with Gasteiger partial charge in [-0.1, -0.05) is 60.7 Å². The molecular formula is C20H21N3O. The molecule has 0 fully saturated rings. The summed E-state index contributed by atoms with van der Waals surface area (Å²) in [7, 11) is 0. The van der Waals surface area contributed by atoms with Gasteiger partial charge in [0.15, 0.2) is 0 Å². The highest BCUT2D eigenvalue weighted by Crippen LogP contribution is 2.22. The number of nitrogens with zero attached hydrogens (tertiary/aromatic N) is 2. The highest BCUT2D eigenvalue weighted by atomic mass is 16.1. The van der Waals surface area contributed by atoms with E-state index in [0.717, 1.165) is 24.4 Å². The zero-order valence-electron chi connectivity index (χ0n) is 13.7. The van der Waals surface area contributed by atoms with E-state index in [2.05, 4.69) is 45.2 Å². The van der Waals surface area contributed by atoms with Crippen molar-refractivity contribution in [2.45, 2.75) is 25.9 Å². The molecular weight excluding hydrogens is 298 g/mol. The van der Waals surface area contributed by atoms with Crippen molar-refractivity contribution in [3.05, 3.63) is 90.1 Å². The van der Waals surface area contributed by atoms with Crippen molar-refractivity contribution < 1.29 is 4.79 Å². The second kappa shape index (κ2) is 7.59. The van der Waals surface area contributed by atoms with E-state index in [1.807, 2.05) is 36.5 Å². The minimum atomic E-state index is -0.257. The van der Waals surface area contributed by atoms with Crippen molar-refractivity contribution in [2.24, 2.45) is 0 Å². The predicted molar refractivity (Wildman–Crippen MR) is 95.3 cm³/mol. The van der Waals surface area contributed by atoms with Crippen LogP contribution in [0.2, 0.25) is 0 Å². The molecule has 1 heterocycles. The summed E-state index contributed by atoms with van der Waals surface area (Å²) in [5.74, 6) is 0.763. The minimum Gasteiger partial charge on any atom is -0.342 e. The molecule has 1 amide bonds. The zero-order chi connectivity index (χ0) is 16.8. The number of benzene rings is 1. The summed E-state index contributed by atoms with van der Waals surface area (Å²) in [5, 5.41) is 3.02. The number of carbonyl (C=O) groups excluding carboxylic acids is 1. The molecule has 2 aromatic rings. The Morgan fingerprint density at radius 3 is 2.92 bits per heavy atom. The molecule has 1 aromatic carbocycles. The summed E-state index contributed by atoms with van der Waals surface area (Å²) in [4.78, 5) is 16.2. The fraction of sp³-hybridized carbons (Fsp3) is 0.200. The van der Waals surface area contributed by atoms with Crippen LogP contribution in [0.4, 0.5) is 0 Å². The van der Waals surface area contributed by atoms with Gasteiger partial charge < -0.3 is 9.88 Å². The monoisotopic (exact) mass is 319 g/mol. The van der Waals surface area contributed by atoms with Gasteiger partial charge in [-0.3, -0.25) is 4.79 Å². The average molecular weight is 319 g/mol. The normalized spacial score (nSPS) is 14.8. The van der Waals surface area contributed by atoms with Crippen molar-refractivity contribution in [2.75, 3.05) is 0 Å². The molecule has 3 rings (SSSR count). The molecule has 0 bridgehead atoms. The number of hydrogen-bond donors (Lipinski definition) is 1. The molecule has 0 saturated heterocycles. The molecule has 1 aliphatic carbocycles. The Hall–Kier alpha value is -2.88. The Bertz CT molecular complexity index is 784. The molecule has 0 saturated carbocycles. The van der Waals surface area contributed by atoms with Gasteiger partial charge in [-0.15, -0.1) is 0 Å². The van der Waals surface area contributed by atoms with Gasteiger partial charge >= 0.3 is 0 Å². The topological polar surface area (TPSA) is 46.9 Å². The van der Waals surface area contributed by atoms with Crippen LogP contribution in [-0.4, -0.2) is 15.5 Å². The summed E-state index contributed by atoms with van der Waals surface area (Å²) in [5.41, 5.74) is 2.25. The van der Waals surface area contributed by atoms with Crippen LogP contribution in [0.3, 0.4) is 0 Å². The fourth-order valence-electron chi connectivity index (χ4n) is 2.80. The van der Waals surface area contributed by atoms with Crippen LogP contribution in [0.25, 0.3) is 0 Å². The molecule has 0 radical (unpaired) electrons. The molecule has 1 aromatic heterocycles. The number of amides is 1. The number of hydrogen-bond acceptors (Lipinski definition) is 2. The number of rotatable bonds is 5. The SMILES string of the molecule is CC(=O)NC(c1ccccc1)c1nccn1CC1=CCC=CC=C1. The molecule has 1 aliphatic rings. The van der Waals surface area contributed by atoms with Crippen LogP contribution in [-0.2, 0) is 11.3 Å². The lowest BCUT2D eigenvalue weighted by Crippen LogP contribution is -2.29. The van der Waals surface area contributed by atoms with Gasteiger partial charge in [-0.25, -0.2) is 4.98 Å². The third-order valence-electron chi connectivity index (χ3n) is 3.91. The lowest BCUT2D eigenvalue weighted by atomic mass is 10.1. The van der Waals surface area contributed by atoms with Gasteiger partial charge in [-0.05, 0) is 17.6 Å². The Labute approximate surface area is 142 Å². The second-order valence-electron chi connectivity index (χ2n) is 5.76. The van der Waals surface area contributed by atoms with Crippen LogP contribution in [0.1, 0.15) is 30.8 Å². The third-order valence-corrected chi connectivity index (χ3v) is 3.91. The first-order valence-electron chi connectivity index (χ1n) is 8.09. The van der Waals surface area contributed by atoms with E-state index in [-0.39, 0.29) is 11.9 Å². The van der Waals surface area contributed by atoms with Crippen molar-refractivity contribution in [1.82, 2.24) is 14.9 Å². The maximum Gasteiger partial charge on any atom is 0.217 e. The molecule has 1 atom stereocenters. The van der Waals surface area contributed by atoms with Gasteiger partial charge in [-0.2, -0.15) is 0 Å². The summed E-state index contributed by atoms with van der Waals surface area (Å²) in [6.07, 6.45) is 15.2. The van der Waals surface area contributed by atoms with Gasteiger partial charge in [0.05, 0.1) is 0 Å². The first-order chi connectivity index (χ1) is 11.7. The molecule has 0 spiro atoms. The predicted octanol–water partition coefficient (Wildman–Crippen LogP) is 3.55. The Balaban J connectivity index is 1.90. The lowest BCUT2D eigenvalue weighted by Gasteiger charge is -2.20. The second-order valence-corrected chi connectivity index (χ2v) is 5.76. The molecule has 1 unspecified atom stereocenters. The molecule has 4 heteroatoms. The summed E-state index contributed by atoms with van der Waals surface area (Å²) < 4.78 is 2.09. The molecule has 24 heavy (non-hydrogen) atoms. The summed E-state index contributed by atoms with van der Waals surface area (Å²) in [6, 6.07) is 9.67. The van der Waals surface area contributed by atoms with Gasteiger partial charge in [0.2, 0.25) is 5.91 Å². The smallest absolute Gasteiger partial charge is 0.217 e. The Morgan fingerprint density at radius 1 is 1.29 bits per heavy atom. The van der Waals surface area contributed by atoms with Crippen LogP contribution < -0.4 is 5.32 Å². The largest absolute Gasteiger partial charge is 0.342 e. The standard InChI is InChI=1S/C20H21N3O/c1-16(24)22-19(18-11-7-4-8-12-18)20-21-13-14-23(20)15-17-9-5-2-3-6-10-17/h2-5,7-14,19H,6,15H2,1H3,(H,22,24). The number of carbonyl (C=O) groups is 1. The van der Waals surface area contributed by atoms with E-state index in [1.165, 1.54) is 12.5 Å². The van der Waals surface area contributed by atoms with E-state index in [0.29, 0.717) is 0 Å². The van der Waals surface area contributed by atoms with Crippen molar-refractivity contribution in [3.8, 4) is 0 Å². The van der Waals surface area contributed by atoms with Crippen LogP contribution >= 0.6 is 0 Å². The van der Waals surface area contributed by atoms with Crippen LogP contribution in [0, 0.1) is 0 Å². The fourth-order valence-corrected chi connectivity index (χ4v) is 2.80. The summed E-state index contributed by atoms with van der Waals surface area (Å²) >= 11 is 0. The first-order valence-corrected chi connectivity index (χ1v) is 8.09. The Kier molecular flexibility index (Phi) is 5.06. The number of aromatic nitrogens is 2. The molecule has 122 valence electrons. The number of nitrogens with one attached hydrogen (secondary N) is 1. The highest BCUT2D eigenvalue weighted by Gasteiger charge is 2.20. The van der Waals surface area contributed by atoms with E-state index in [9.17, 15) is 4.79 Å². The van der Waals surface area contributed by atoms with Crippen molar-refractivity contribution >= 4 is 5.91 Å². The summed E-state index contributed by atoms with van der Waals surface area (Å²) in [6.45, 7) is 2.27. The molecule has 1 N–H and O–H groups in total. The highest BCUT2D eigenvalue weighted by molar-refractivity contribution is 5.73. The lowest BCUT2D eigenvalue weighted by molar-refractivity contribution is -0.119. The quantitative estimate of drug-likeness (QED) is 0.916. The number of imidazole rings is 1. The van der Waals surface area contributed by atoms with E-state index in [1.54, 1.807) is 6.20 Å². The Morgan fingerprint density at radius 2 is 2.12 bits per heavy atom. The van der Waals surface area contributed by atoms with E-state index < -0.39 is 0 Å². The minimum absolute atomic E-state index is 0.0730. The number of allylic oxidation sites excluding steroid dienone is 6.